The summed E-state index contributed by atoms with van der Waals surface area (Å²) in [6, 6.07) is 10.1. The number of hydrogen-bond acceptors (Lipinski definition) is 8. The van der Waals surface area contributed by atoms with Gasteiger partial charge >= 0.3 is 0 Å². The number of nitro groups is 1. The molecule has 2 atom stereocenters. The van der Waals surface area contributed by atoms with Crippen molar-refractivity contribution in [3.05, 3.63) is 58.1 Å². The number of carbonyl (C=O) groups is 1. The topological polar surface area (TPSA) is 128 Å². The molecule has 0 spiro atoms. The maximum Gasteiger partial charge on any atom is 0.296 e. The van der Waals surface area contributed by atoms with Crippen molar-refractivity contribution in [1.82, 2.24) is 4.31 Å². The number of benzene rings is 2. The van der Waals surface area contributed by atoms with Crippen molar-refractivity contribution in [2.45, 2.75) is 37.9 Å². The molecule has 0 saturated carbocycles. The maximum atomic E-state index is 13.1. The summed E-state index contributed by atoms with van der Waals surface area (Å²) in [5, 5.41) is 14.2. The van der Waals surface area contributed by atoms with Gasteiger partial charge in [0.15, 0.2) is 5.78 Å². The van der Waals surface area contributed by atoms with Crippen LogP contribution in [0.3, 0.4) is 0 Å². The molecule has 0 amide bonds. The third kappa shape index (κ3) is 5.86. The molecule has 0 radical (unpaired) electrons. The van der Waals surface area contributed by atoms with E-state index in [0.717, 1.165) is 0 Å². The number of anilines is 1. The number of ketones is 1. The van der Waals surface area contributed by atoms with Gasteiger partial charge in [-0.25, -0.2) is 8.42 Å². The molecule has 11 heteroatoms. The fraction of sp³-hybridized carbons (Fsp3) is 0.409. The van der Waals surface area contributed by atoms with Gasteiger partial charge in [0.2, 0.25) is 10.0 Å². The van der Waals surface area contributed by atoms with Crippen molar-refractivity contribution in [3.8, 4) is 5.75 Å². The predicted octanol–water partition coefficient (Wildman–Crippen LogP) is 3.09. The van der Waals surface area contributed by atoms with Crippen LogP contribution in [-0.2, 0) is 14.8 Å². The normalized spacial score (nSPS) is 19.1. The molecule has 1 fully saturated rings. The Morgan fingerprint density at radius 3 is 2.55 bits per heavy atom. The molecule has 3 rings (SSSR count). The van der Waals surface area contributed by atoms with Crippen LogP contribution in [0.15, 0.2) is 47.4 Å². The van der Waals surface area contributed by atoms with Crippen LogP contribution >= 0.6 is 0 Å². The Balaban J connectivity index is 1.76. The van der Waals surface area contributed by atoms with Crippen LogP contribution in [0, 0.1) is 10.1 Å². The molecule has 1 N–H and O–H groups in total. The molecular weight excluding hydrogens is 450 g/mol. The SMILES string of the molecule is CCOc1ccc(NCC(=O)c2cccc(S(=O)(=O)N3CC(C)OC(C)C3)c2)c([N+](=O)[O-])c1. The second-order valence-electron chi connectivity index (χ2n) is 7.75. The number of nitro benzene ring substituents is 1. The van der Waals surface area contributed by atoms with E-state index < -0.39 is 20.7 Å². The summed E-state index contributed by atoms with van der Waals surface area (Å²) in [6.07, 6.45) is -0.468. The Morgan fingerprint density at radius 1 is 1.21 bits per heavy atom. The zero-order valence-corrected chi connectivity index (χ0v) is 19.5. The number of hydrogen-bond donors (Lipinski definition) is 1. The molecular formula is C22H27N3O7S. The molecule has 1 aliphatic rings. The Hall–Kier alpha value is -3.02. The van der Waals surface area contributed by atoms with E-state index in [2.05, 4.69) is 5.32 Å². The van der Waals surface area contributed by atoms with E-state index in [9.17, 15) is 23.3 Å². The third-order valence-corrected chi connectivity index (χ3v) is 6.92. The summed E-state index contributed by atoms with van der Waals surface area (Å²) in [5.74, 6) is -0.0512. The number of rotatable bonds is 9. The maximum absolute atomic E-state index is 13.1. The average Bonchev–Trinajstić information content (AvgIpc) is 2.77. The minimum absolute atomic E-state index is 0.0155. The van der Waals surface area contributed by atoms with E-state index in [1.54, 1.807) is 13.0 Å². The van der Waals surface area contributed by atoms with Crippen molar-refractivity contribution in [2.75, 3.05) is 31.6 Å². The van der Waals surface area contributed by atoms with Gasteiger partial charge in [-0.3, -0.25) is 14.9 Å². The predicted molar refractivity (Wildman–Crippen MR) is 122 cm³/mol. The largest absolute Gasteiger partial charge is 0.494 e. The first-order valence-corrected chi connectivity index (χ1v) is 12.0. The van der Waals surface area contributed by atoms with E-state index >= 15 is 0 Å². The first kappa shape index (κ1) is 24.6. The minimum atomic E-state index is -3.80. The molecule has 10 nitrogen and oxygen atoms in total. The quantitative estimate of drug-likeness (QED) is 0.331. The summed E-state index contributed by atoms with van der Waals surface area (Å²) < 4.78 is 38.4. The zero-order valence-electron chi connectivity index (χ0n) is 18.7. The highest BCUT2D eigenvalue weighted by molar-refractivity contribution is 7.89. The molecule has 1 saturated heterocycles. The molecule has 33 heavy (non-hydrogen) atoms. The van der Waals surface area contributed by atoms with Gasteiger partial charge in [-0.2, -0.15) is 4.31 Å². The molecule has 2 aromatic rings. The molecule has 2 aromatic carbocycles. The highest BCUT2D eigenvalue weighted by atomic mass is 32.2. The Morgan fingerprint density at radius 2 is 1.91 bits per heavy atom. The molecule has 1 aliphatic heterocycles. The van der Waals surface area contributed by atoms with Crippen LogP contribution in [0.25, 0.3) is 0 Å². The van der Waals surface area contributed by atoms with E-state index in [4.69, 9.17) is 9.47 Å². The number of morpholine rings is 1. The van der Waals surface area contributed by atoms with Crippen molar-refractivity contribution in [3.63, 3.8) is 0 Å². The van der Waals surface area contributed by atoms with Crippen LogP contribution in [0.5, 0.6) is 5.75 Å². The first-order valence-electron chi connectivity index (χ1n) is 10.6. The summed E-state index contributed by atoms with van der Waals surface area (Å²) in [5.41, 5.74) is 0.129. The number of sulfonamides is 1. The number of Topliss-reactive ketones (excluding diaryl/α,β-unsaturated/α-hetero) is 1. The van der Waals surface area contributed by atoms with Gasteiger partial charge in [0.1, 0.15) is 11.4 Å². The summed E-state index contributed by atoms with van der Waals surface area (Å²) in [4.78, 5) is 23.6. The lowest BCUT2D eigenvalue weighted by molar-refractivity contribution is -0.384. The van der Waals surface area contributed by atoms with Crippen molar-refractivity contribution in [1.29, 1.82) is 0 Å². The fourth-order valence-electron chi connectivity index (χ4n) is 3.65. The van der Waals surface area contributed by atoms with Crippen LogP contribution in [0.1, 0.15) is 31.1 Å². The molecule has 0 aliphatic carbocycles. The number of nitrogens with one attached hydrogen (secondary N) is 1. The molecule has 0 aromatic heterocycles. The van der Waals surface area contributed by atoms with E-state index in [1.165, 1.54) is 40.7 Å². The number of nitrogens with zero attached hydrogens (tertiary/aromatic N) is 2. The van der Waals surface area contributed by atoms with Crippen LogP contribution in [0.4, 0.5) is 11.4 Å². The first-order chi connectivity index (χ1) is 15.6. The Bertz CT molecular complexity index is 1130. The van der Waals surface area contributed by atoms with Crippen LogP contribution in [0.2, 0.25) is 0 Å². The smallest absolute Gasteiger partial charge is 0.296 e. The van der Waals surface area contributed by atoms with Gasteiger partial charge < -0.3 is 14.8 Å². The lowest BCUT2D eigenvalue weighted by Crippen LogP contribution is -2.48. The third-order valence-electron chi connectivity index (χ3n) is 5.10. The highest BCUT2D eigenvalue weighted by Gasteiger charge is 2.32. The van der Waals surface area contributed by atoms with Gasteiger partial charge in [0.05, 0.1) is 41.2 Å². The average molecular weight is 478 g/mol. The molecule has 1 heterocycles. The number of ether oxygens (including phenoxy) is 2. The standard InChI is InChI=1S/C22H27N3O7S/c1-4-31-18-8-9-20(21(11-18)25(27)28)23-12-22(26)17-6-5-7-19(10-17)33(29,30)24-13-15(2)32-16(3)14-24/h5-11,15-16,23H,4,12-14H2,1-3H3. The van der Waals surface area contributed by atoms with Crippen LogP contribution < -0.4 is 10.1 Å². The molecule has 0 bridgehead atoms. The second-order valence-corrected chi connectivity index (χ2v) is 9.69. The minimum Gasteiger partial charge on any atom is -0.494 e. The van der Waals surface area contributed by atoms with E-state index in [1.807, 2.05) is 13.8 Å². The van der Waals surface area contributed by atoms with Gasteiger partial charge in [-0.15, -0.1) is 0 Å². The summed E-state index contributed by atoms with van der Waals surface area (Å²) in [6.45, 7) is 5.97. The van der Waals surface area contributed by atoms with Crippen LogP contribution in [-0.4, -0.2) is 61.9 Å². The number of carbonyl (C=O) groups excluding carboxylic acids is 1. The van der Waals surface area contributed by atoms with Crippen molar-refractivity contribution in [2.24, 2.45) is 0 Å². The van der Waals surface area contributed by atoms with Crippen molar-refractivity contribution < 1.29 is 27.6 Å². The summed E-state index contributed by atoms with van der Waals surface area (Å²) >= 11 is 0. The fourth-order valence-corrected chi connectivity index (χ4v) is 5.29. The summed E-state index contributed by atoms with van der Waals surface area (Å²) in [7, 11) is -3.80. The van der Waals surface area contributed by atoms with Gasteiger partial charge in [-0.05, 0) is 45.0 Å². The Labute approximate surface area is 192 Å². The van der Waals surface area contributed by atoms with E-state index in [0.29, 0.717) is 12.4 Å². The molecule has 178 valence electrons. The zero-order chi connectivity index (χ0) is 24.2. The van der Waals surface area contributed by atoms with Gasteiger partial charge in [0.25, 0.3) is 5.69 Å². The molecule has 2 unspecified atom stereocenters. The van der Waals surface area contributed by atoms with E-state index in [-0.39, 0.29) is 53.7 Å². The van der Waals surface area contributed by atoms with Crippen molar-refractivity contribution >= 4 is 27.2 Å². The Kier molecular flexibility index (Phi) is 7.67. The monoisotopic (exact) mass is 477 g/mol. The highest BCUT2D eigenvalue weighted by Crippen LogP contribution is 2.29. The van der Waals surface area contributed by atoms with Gasteiger partial charge in [-0.1, -0.05) is 12.1 Å². The second kappa shape index (κ2) is 10.3. The lowest BCUT2D eigenvalue weighted by atomic mass is 10.1. The van der Waals surface area contributed by atoms with Gasteiger partial charge in [0, 0.05) is 18.7 Å². The lowest BCUT2D eigenvalue weighted by Gasteiger charge is -2.34.